The number of hydrogen-bond acceptors (Lipinski definition) is 4. The Balaban J connectivity index is 2.76. The highest BCUT2D eigenvalue weighted by atomic mass is 16.6. The minimum absolute atomic E-state index is 0.0654. The van der Waals surface area contributed by atoms with Crippen LogP contribution in [0.15, 0.2) is 42.1 Å². The molecule has 0 aliphatic heterocycles. The van der Waals surface area contributed by atoms with E-state index in [0.717, 1.165) is 5.56 Å². The van der Waals surface area contributed by atoms with Crippen LogP contribution in [0.3, 0.4) is 0 Å². The number of methoxy groups -OCH3 is 1. The molecule has 0 spiro atoms. The topological polar surface area (TPSA) is 64.6 Å². The third kappa shape index (κ3) is 6.61. The fourth-order valence-corrected chi connectivity index (χ4v) is 1.54. The van der Waals surface area contributed by atoms with E-state index in [1.54, 1.807) is 26.8 Å². The van der Waals surface area contributed by atoms with Gasteiger partial charge in [-0.05, 0) is 38.8 Å². The molecule has 1 aromatic rings. The van der Waals surface area contributed by atoms with E-state index < -0.39 is 17.7 Å². The zero-order valence-corrected chi connectivity index (χ0v) is 12.8. The van der Waals surface area contributed by atoms with Gasteiger partial charge in [0.05, 0.1) is 7.11 Å². The van der Waals surface area contributed by atoms with Gasteiger partial charge >= 0.3 is 12.1 Å². The molecule has 5 nitrogen and oxygen atoms in total. The van der Waals surface area contributed by atoms with Crippen LogP contribution in [-0.2, 0) is 20.7 Å². The first-order valence-corrected chi connectivity index (χ1v) is 6.64. The normalized spacial score (nSPS) is 11.7. The molecule has 114 valence electrons. The van der Waals surface area contributed by atoms with E-state index in [1.165, 1.54) is 7.11 Å². The number of carbonyl (C=O) groups is 2. The lowest BCUT2D eigenvalue weighted by Gasteiger charge is -2.20. The van der Waals surface area contributed by atoms with E-state index in [1.807, 2.05) is 30.3 Å². The monoisotopic (exact) mass is 291 g/mol. The van der Waals surface area contributed by atoms with Crippen LogP contribution in [-0.4, -0.2) is 24.8 Å². The molecule has 0 aliphatic carbocycles. The Kier molecular flexibility index (Phi) is 5.96. The average Bonchev–Trinajstić information content (AvgIpc) is 2.41. The van der Waals surface area contributed by atoms with Crippen molar-refractivity contribution in [2.24, 2.45) is 0 Å². The molecule has 0 fully saturated rings. The molecule has 0 saturated heterocycles. The highest BCUT2D eigenvalue weighted by Gasteiger charge is 2.19. The van der Waals surface area contributed by atoms with E-state index in [4.69, 9.17) is 4.74 Å². The number of ether oxygens (including phenoxy) is 2. The lowest BCUT2D eigenvalue weighted by Crippen LogP contribution is -2.34. The summed E-state index contributed by atoms with van der Waals surface area (Å²) in [7, 11) is 1.26. The Labute approximate surface area is 124 Å². The first-order valence-electron chi connectivity index (χ1n) is 6.64. The average molecular weight is 291 g/mol. The SMILES string of the molecule is COC(=O)/C(=C/Cc1ccccc1)NC(=O)OC(C)(C)C. The molecule has 1 rings (SSSR count). The highest BCUT2D eigenvalue weighted by molar-refractivity contribution is 5.92. The second kappa shape index (κ2) is 7.47. The van der Waals surface area contributed by atoms with Gasteiger partial charge in [-0.15, -0.1) is 0 Å². The summed E-state index contributed by atoms with van der Waals surface area (Å²) in [6.07, 6.45) is 1.42. The zero-order chi connectivity index (χ0) is 15.9. The van der Waals surface area contributed by atoms with E-state index >= 15 is 0 Å². The molecule has 1 aromatic carbocycles. The molecule has 0 saturated carbocycles. The smallest absolute Gasteiger partial charge is 0.412 e. The molecule has 0 bridgehead atoms. The minimum atomic E-state index is -0.688. The van der Waals surface area contributed by atoms with Crippen molar-refractivity contribution in [1.29, 1.82) is 0 Å². The van der Waals surface area contributed by atoms with Crippen molar-refractivity contribution >= 4 is 12.1 Å². The maximum absolute atomic E-state index is 11.7. The van der Waals surface area contributed by atoms with E-state index in [9.17, 15) is 9.59 Å². The Morgan fingerprint density at radius 2 is 1.81 bits per heavy atom. The summed E-state index contributed by atoms with van der Waals surface area (Å²) in [5, 5.41) is 2.42. The van der Waals surface area contributed by atoms with Crippen molar-refractivity contribution < 1.29 is 19.1 Å². The van der Waals surface area contributed by atoms with Gasteiger partial charge in [-0.3, -0.25) is 5.32 Å². The number of benzene rings is 1. The van der Waals surface area contributed by atoms with Crippen molar-refractivity contribution in [2.75, 3.05) is 7.11 Å². The third-order valence-corrected chi connectivity index (χ3v) is 2.43. The van der Waals surface area contributed by atoms with Crippen LogP contribution in [0, 0.1) is 0 Å². The third-order valence-electron chi connectivity index (χ3n) is 2.43. The standard InChI is InChI=1S/C16H21NO4/c1-16(2,3)21-15(19)17-13(14(18)20-4)11-10-12-8-6-5-7-9-12/h5-9,11H,10H2,1-4H3,(H,17,19)/b13-11-. The first kappa shape index (κ1) is 16.8. The van der Waals surface area contributed by atoms with E-state index in [0.29, 0.717) is 6.42 Å². The molecular formula is C16H21NO4. The van der Waals surface area contributed by atoms with Gasteiger partial charge in [0.15, 0.2) is 0 Å². The molecule has 0 aromatic heterocycles. The summed E-state index contributed by atoms with van der Waals surface area (Å²) in [6.45, 7) is 5.24. The van der Waals surface area contributed by atoms with Crippen molar-refractivity contribution in [3.05, 3.63) is 47.7 Å². The molecule has 1 amide bonds. The summed E-state index contributed by atoms with van der Waals surface area (Å²) in [4.78, 5) is 23.4. The molecular weight excluding hydrogens is 270 g/mol. The van der Waals surface area contributed by atoms with Gasteiger partial charge in [0.2, 0.25) is 0 Å². The van der Waals surface area contributed by atoms with Gasteiger partial charge in [-0.2, -0.15) is 0 Å². The van der Waals surface area contributed by atoms with Gasteiger partial charge in [-0.1, -0.05) is 30.3 Å². The van der Waals surface area contributed by atoms with Crippen LogP contribution < -0.4 is 5.32 Å². The number of allylic oxidation sites excluding steroid dienone is 1. The second-order valence-electron chi connectivity index (χ2n) is 5.43. The Bertz CT molecular complexity index is 515. The highest BCUT2D eigenvalue weighted by Crippen LogP contribution is 2.08. The number of hydrogen-bond donors (Lipinski definition) is 1. The summed E-state index contributed by atoms with van der Waals surface area (Å²) < 4.78 is 9.77. The van der Waals surface area contributed by atoms with Crippen LogP contribution in [0.4, 0.5) is 4.79 Å². The molecule has 0 radical (unpaired) electrons. The quantitative estimate of drug-likeness (QED) is 0.684. The van der Waals surface area contributed by atoms with Crippen LogP contribution >= 0.6 is 0 Å². The largest absolute Gasteiger partial charge is 0.464 e. The lowest BCUT2D eigenvalue weighted by molar-refractivity contribution is -0.136. The molecule has 5 heteroatoms. The van der Waals surface area contributed by atoms with E-state index in [2.05, 4.69) is 10.1 Å². The molecule has 0 atom stereocenters. The zero-order valence-electron chi connectivity index (χ0n) is 12.8. The van der Waals surface area contributed by atoms with Crippen LogP contribution in [0.25, 0.3) is 0 Å². The number of carbonyl (C=O) groups excluding carboxylic acids is 2. The lowest BCUT2D eigenvalue weighted by atomic mass is 10.1. The van der Waals surface area contributed by atoms with Crippen LogP contribution in [0.2, 0.25) is 0 Å². The predicted octanol–water partition coefficient (Wildman–Crippen LogP) is 2.81. The fourth-order valence-electron chi connectivity index (χ4n) is 1.54. The number of rotatable bonds is 4. The van der Waals surface area contributed by atoms with Gasteiger partial charge in [0, 0.05) is 0 Å². The summed E-state index contributed by atoms with van der Waals surface area (Å²) in [6, 6.07) is 9.58. The second-order valence-corrected chi connectivity index (χ2v) is 5.43. The maximum Gasteiger partial charge on any atom is 0.412 e. The molecule has 0 aliphatic rings. The van der Waals surface area contributed by atoms with Crippen molar-refractivity contribution in [3.63, 3.8) is 0 Å². The van der Waals surface area contributed by atoms with Gasteiger partial charge in [0.25, 0.3) is 0 Å². The summed E-state index contributed by atoms with van der Waals surface area (Å²) in [5.74, 6) is -0.614. The fraction of sp³-hybridized carbons (Fsp3) is 0.375. The number of esters is 1. The van der Waals surface area contributed by atoms with Gasteiger partial charge in [-0.25, -0.2) is 9.59 Å². The first-order chi connectivity index (χ1) is 9.81. The summed E-state index contributed by atoms with van der Waals surface area (Å²) >= 11 is 0. The molecule has 21 heavy (non-hydrogen) atoms. The Morgan fingerprint density at radius 3 is 2.33 bits per heavy atom. The van der Waals surface area contributed by atoms with E-state index in [-0.39, 0.29) is 5.70 Å². The van der Waals surface area contributed by atoms with Crippen LogP contribution in [0.1, 0.15) is 26.3 Å². The molecule has 0 unspecified atom stereocenters. The maximum atomic E-state index is 11.7. The number of nitrogens with one attached hydrogen (secondary N) is 1. The molecule has 1 N–H and O–H groups in total. The predicted molar refractivity (Wildman–Crippen MR) is 79.6 cm³/mol. The summed E-state index contributed by atoms with van der Waals surface area (Å²) in [5.41, 5.74) is 0.450. The number of amides is 1. The van der Waals surface area contributed by atoms with Crippen molar-refractivity contribution in [1.82, 2.24) is 5.32 Å². The van der Waals surface area contributed by atoms with Gasteiger partial charge in [0.1, 0.15) is 11.3 Å². The van der Waals surface area contributed by atoms with Crippen molar-refractivity contribution in [2.45, 2.75) is 32.8 Å². The van der Waals surface area contributed by atoms with Gasteiger partial charge < -0.3 is 9.47 Å². The molecule has 0 heterocycles. The van der Waals surface area contributed by atoms with Crippen molar-refractivity contribution in [3.8, 4) is 0 Å². The minimum Gasteiger partial charge on any atom is -0.464 e. The Morgan fingerprint density at radius 1 is 1.19 bits per heavy atom. The van der Waals surface area contributed by atoms with Crippen LogP contribution in [0.5, 0.6) is 0 Å². The Hall–Kier alpha value is -2.30. The number of alkyl carbamates (subject to hydrolysis) is 1.